The third-order valence-corrected chi connectivity index (χ3v) is 3.26. The molecule has 0 spiro atoms. The van der Waals surface area contributed by atoms with E-state index in [1.165, 1.54) is 0 Å². The van der Waals surface area contributed by atoms with Gasteiger partial charge in [-0.25, -0.2) is 0 Å². The van der Waals surface area contributed by atoms with Gasteiger partial charge in [0.15, 0.2) is 0 Å². The molecule has 0 unspecified atom stereocenters. The molecule has 0 aliphatic heterocycles. The molecule has 0 atom stereocenters. The van der Waals surface area contributed by atoms with Crippen molar-refractivity contribution in [1.82, 2.24) is 4.90 Å². The van der Waals surface area contributed by atoms with Crippen molar-refractivity contribution in [2.75, 3.05) is 38.2 Å². The van der Waals surface area contributed by atoms with E-state index in [1.807, 2.05) is 42.5 Å². The van der Waals surface area contributed by atoms with Crippen molar-refractivity contribution < 1.29 is 15.0 Å². The topological polar surface area (TPSA) is 72.8 Å². The fraction of sp³-hybridized carbons (Fsp3) is 0.312. The fourth-order valence-corrected chi connectivity index (χ4v) is 2.28. The number of carbonyl (C=O) groups excluding carboxylic acids is 1. The zero-order chi connectivity index (χ0) is 15.1. The minimum absolute atomic E-state index is 0.0401. The SMILES string of the molecule is O=C(CN(CCO)CCO)Nc1cccc2ccccc12. The molecule has 0 aromatic heterocycles. The third kappa shape index (κ3) is 4.26. The van der Waals surface area contributed by atoms with E-state index in [0.717, 1.165) is 16.5 Å². The summed E-state index contributed by atoms with van der Waals surface area (Å²) in [6, 6.07) is 13.6. The molecule has 0 aliphatic rings. The van der Waals surface area contributed by atoms with E-state index in [4.69, 9.17) is 10.2 Å². The summed E-state index contributed by atoms with van der Waals surface area (Å²) in [5, 5.41) is 22.9. The van der Waals surface area contributed by atoms with Gasteiger partial charge in [-0.1, -0.05) is 36.4 Å². The Balaban J connectivity index is 2.07. The number of nitrogens with zero attached hydrogens (tertiary/aromatic N) is 1. The van der Waals surface area contributed by atoms with E-state index in [1.54, 1.807) is 4.90 Å². The minimum atomic E-state index is -0.159. The van der Waals surface area contributed by atoms with Gasteiger partial charge in [-0.05, 0) is 11.5 Å². The first-order valence-electron chi connectivity index (χ1n) is 6.96. The Bertz CT molecular complexity index is 590. The van der Waals surface area contributed by atoms with Gasteiger partial charge in [-0.2, -0.15) is 0 Å². The van der Waals surface area contributed by atoms with Crippen LogP contribution in [-0.2, 0) is 4.79 Å². The van der Waals surface area contributed by atoms with Gasteiger partial charge in [0.05, 0.1) is 19.8 Å². The summed E-state index contributed by atoms with van der Waals surface area (Å²) in [7, 11) is 0. The van der Waals surface area contributed by atoms with Gasteiger partial charge < -0.3 is 15.5 Å². The highest BCUT2D eigenvalue weighted by molar-refractivity contribution is 6.02. The van der Waals surface area contributed by atoms with Crippen molar-refractivity contribution in [3.05, 3.63) is 42.5 Å². The number of benzene rings is 2. The smallest absolute Gasteiger partial charge is 0.238 e. The number of hydrogen-bond donors (Lipinski definition) is 3. The van der Waals surface area contributed by atoms with Gasteiger partial charge in [0.1, 0.15) is 0 Å². The summed E-state index contributed by atoms with van der Waals surface area (Å²) in [6.07, 6.45) is 0. The van der Waals surface area contributed by atoms with Gasteiger partial charge in [-0.15, -0.1) is 0 Å². The second-order valence-corrected chi connectivity index (χ2v) is 4.80. The summed E-state index contributed by atoms with van der Waals surface area (Å²) in [4.78, 5) is 13.8. The maximum absolute atomic E-state index is 12.1. The quantitative estimate of drug-likeness (QED) is 0.712. The molecular formula is C16H20N2O3. The van der Waals surface area contributed by atoms with E-state index in [9.17, 15) is 4.79 Å². The Morgan fingerprint density at radius 3 is 2.38 bits per heavy atom. The van der Waals surface area contributed by atoms with Crippen molar-refractivity contribution in [2.45, 2.75) is 0 Å². The average Bonchev–Trinajstić information content (AvgIpc) is 2.48. The molecule has 0 saturated carbocycles. The highest BCUT2D eigenvalue weighted by Gasteiger charge is 2.11. The molecular weight excluding hydrogens is 268 g/mol. The molecule has 2 rings (SSSR count). The Kier molecular flexibility index (Phi) is 5.68. The van der Waals surface area contributed by atoms with E-state index in [2.05, 4.69) is 5.32 Å². The predicted octanol–water partition coefficient (Wildman–Crippen LogP) is 1.06. The van der Waals surface area contributed by atoms with Crippen LogP contribution in [0.4, 0.5) is 5.69 Å². The first kappa shape index (κ1) is 15.4. The first-order valence-corrected chi connectivity index (χ1v) is 6.96. The highest BCUT2D eigenvalue weighted by Crippen LogP contribution is 2.22. The van der Waals surface area contributed by atoms with Crippen LogP contribution in [0.25, 0.3) is 10.8 Å². The van der Waals surface area contributed by atoms with Gasteiger partial charge >= 0.3 is 0 Å². The Morgan fingerprint density at radius 1 is 1.00 bits per heavy atom. The number of aliphatic hydroxyl groups is 2. The Morgan fingerprint density at radius 2 is 1.67 bits per heavy atom. The van der Waals surface area contributed by atoms with Crippen LogP contribution >= 0.6 is 0 Å². The predicted molar refractivity (Wildman–Crippen MR) is 83.2 cm³/mol. The fourth-order valence-electron chi connectivity index (χ4n) is 2.28. The molecule has 0 aliphatic carbocycles. The van der Waals surface area contributed by atoms with Crippen LogP contribution in [0.5, 0.6) is 0 Å². The molecule has 21 heavy (non-hydrogen) atoms. The zero-order valence-electron chi connectivity index (χ0n) is 11.8. The largest absolute Gasteiger partial charge is 0.395 e. The Hall–Kier alpha value is -1.95. The van der Waals surface area contributed by atoms with Crippen LogP contribution in [0.3, 0.4) is 0 Å². The molecule has 2 aromatic carbocycles. The summed E-state index contributed by atoms with van der Waals surface area (Å²) >= 11 is 0. The number of fused-ring (bicyclic) bond motifs is 1. The number of aliphatic hydroxyl groups excluding tert-OH is 2. The molecule has 0 heterocycles. The lowest BCUT2D eigenvalue weighted by molar-refractivity contribution is -0.117. The molecule has 0 radical (unpaired) electrons. The number of carbonyl (C=O) groups is 1. The number of hydrogen-bond acceptors (Lipinski definition) is 4. The molecule has 0 saturated heterocycles. The lowest BCUT2D eigenvalue weighted by Crippen LogP contribution is -2.37. The lowest BCUT2D eigenvalue weighted by Gasteiger charge is -2.19. The molecule has 112 valence electrons. The van der Waals surface area contributed by atoms with Crippen LogP contribution < -0.4 is 5.32 Å². The van der Waals surface area contributed by atoms with Gasteiger partial charge in [0.25, 0.3) is 0 Å². The number of anilines is 1. The summed E-state index contributed by atoms with van der Waals surface area (Å²) in [5.41, 5.74) is 0.769. The maximum Gasteiger partial charge on any atom is 0.238 e. The van der Waals surface area contributed by atoms with E-state index < -0.39 is 0 Å². The van der Waals surface area contributed by atoms with Gasteiger partial charge in [-0.3, -0.25) is 9.69 Å². The standard InChI is InChI=1S/C16H20N2O3/c19-10-8-18(9-11-20)12-16(21)17-15-7-3-5-13-4-1-2-6-14(13)15/h1-7,19-20H,8-12H2,(H,17,21). The van der Waals surface area contributed by atoms with Crippen molar-refractivity contribution in [3.63, 3.8) is 0 Å². The normalized spacial score (nSPS) is 11.0. The maximum atomic E-state index is 12.1. The average molecular weight is 288 g/mol. The van der Waals surface area contributed by atoms with E-state index in [0.29, 0.717) is 13.1 Å². The van der Waals surface area contributed by atoms with E-state index >= 15 is 0 Å². The molecule has 3 N–H and O–H groups in total. The molecule has 2 aromatic rings. The highest BCUT2D eigenvalue weighted by atomic mass is 16.3. The van der Waals surface area contributed by atoms with Crippen molar-refractivity contribution in [3.8, 4) is 0 Å². The monoisotopic (exact) mass is 288 g/mol. The second-order valence-electron chi connectivity index (χ2n) is 4.80. The van der Waals surface area contributed by atoms with Crippen LogP contribution in [0, 0.1) is 0 Å². The van der Waals surface area contributed by atoms with Crippen LogP contribution in [-0.4, -0.2) is 53.9 Å². The van der Waals surface area contributed by atoms with E-state index in [-0.39, 0.29) is 25.7 Å². The molecule has 0 fully saturated rings. The van der Waals surface area contributed by atoms with Crippen molar-refractivity contribution in [1.29, 1.82) is 0 Å². The number of nitrogens with one attached hydrogen (secondary N) is 1. The lowest BCUT2D eigenvalue weighted by atomic mass is 10.1. The number of amides is 1. The third-order valence-electron chi connectivity index (χ3n) is 3.26. The second kappa shape index (κ2) is 7.73. The van der Waals surface area contributed by atoms with Gasteiger partial charge in [0, 0.05) is 24.2 Å². The van der Waals surface area contributed by atoms with Crippen LogP contribution in [0.2, 0.25) is 0 Å². The van der Waals surface area contributed by atoms with Crippen LogP contribution in [0.15, 0.2) is 42.5 Å². The van der Waals surface area contributed by atoms with Gasteiger partial charge in [0.2, 0.25) is 5.91 Å². The molecule has 5 heteroatoms. The zero-order valence-corrected chi connectivity index (χ0v) is 11.8. The minimum Gasteiger partial charge on any atom is -0.395 e. The summed E-state index contributed by atoms with van der Waals surface area (Å²) < 4.78 is 0. The summed E-state index contributed by atoms with van der Waals surface area (Å²) in [6.45, 7) is 0.792. The van der Waals surface area contributed by atoms with Crippen LogP contribution in [0.1, 0.15) is 0 Å². The summed E-state index contributed by atoms with van der Waals surface area (Å²) in [5.74, 6) is -0.159. The van der Waals surface area contributed by atoms with Crippen molar-refractivity contribution >= 4 is 22.4 Å². The molecule has 0 bridgehead atoms. The van der Waals surface area contributed by atoms with Crippen molar-refractivity contribution in [2.24, 2.45) is 0 Å². The number of rotatable bonds is 7. The first-order chi connectivity index (χ1) is 10.2. The molecule has 1 amide bonds. The Labute approximate surface area is 123 Å². The molecule has 5 nitrogen and oxygen atoms in total.